The van der Waals surface area contributed by atoms with Crippen molar-refractivity contribution < 1.29 is 108 Å². The predicted octanol–water partition coefficient (Wildman–Crippen LogP) is 3.12. The van der Waals surface area contributed by atoms with E-state index >= 15 is 4.39 Å². The predicted molar refractivity (Wildman–Crippen MR) is 235 cm³/mol. The fraction of sp³-hybridized carbons (Fsp3) is 0.395. The molecule has 0 radical (unpaired) electrons. The van der Waals surface area contributed by atoms with Crippen molar-refractivity contribution in [2.75, 3.05) is 89.5 Å². The Morgan fingerprint density at radius 1 is 0.671 bits per heavy atom. The third-order valence-electron chi connectivity index (χ3n) is 8.83. The smallest absolute Gasteiger partial charge is 0.328 e. The topological polar surface area (TPSA) is 352 Å². The normalized spacial score (nSPS) is 10.4. The second-order valence-corrected chi connectivity index (χ2v) is 14.3. The molecule has 0 bridgehead atoms. The van der Waals surface area contributed by atoms with Crippen LogP contribution in [0.1, 0.15) is 44.7 Å². The Balaban J connectivity index is 1.70. The van der Waals surface area contributed by atoms with Gasteiger partial charge in [0.15, 0.2) is 17.3 Å². The van der Waals surface area contributed by atoms with Gasteiger partial charge >= 0.3 is 47.8 Å². The molecular weight excluding hydrogens is 988 g/mol. The number of aromatic nitrogens is 1. The zero-order valence-corrected chi connectivity index (χ0v) is 39.2. The van der Waals surface area contributed by atoms with Crippen molar-refractivity contribution in [1.82, 2.24) is 10.3 Å². The molecule has 2 aromatic carbocycles. The number of nitrogens with zero attached hydrogens (tertiary/aromatic N) is 6. The van der Waals surface area contributed by atoms with Gasteiger partial charge in [0.25, 0.3) is 11.8 Å². The number of carbonyl (C=O) groups excluding carboxylic acids is 9. The number of ether oxygens (including phenoxy) is 10. The Morgan fingerprint density at radius 2 is 1.18 bits per heavy atom. The molecule has 2 aromatic heterocycles. The molecule has 4 aromatic rings. The highest BCUT2D eigenvalue weighted by Gasteiger charge is 2.27. The second kappa shape index (κ2) is 28.5. The van der Waals surface area contributed by atoms with Crippen LogP contribution in [0.5, 0.6) is 11.5 Å². The van der Waals surface area contributed by atoms with Crippen molar-refractivity contribution in [3.8, 4) is 23.1 Å². The third-order valence-corrected chi connectivity index (χ3v) is 8.83. The van der Waals surface area contributed by atoms with Crippen LogP contribution in [0, 0.1) is 11.6 Å². The lowest BCUT2D eigenvalue weighted by Gasteiger charge is -2.26. The van der Waals surface area contributed by atoms with E-state index in [0.717, 1.165) is 49.8 Å². The van der Waals surface area contributed by atoms with Gasteiger partial charge in [0.05, 0.1) is 17.6 Å². The Hall–Kier alpha value is -9.21. The minimum absolute atomic E-state index is 0.0340. The van der Waals surface area contributed by atoms with Crippen molar-refractivity contribution in [1.29, 1.82) is 0 Å². The molecule has 0 saturated heterocycles. The van der Waals surface area contributed by atoms with Crippen LogP contribution >= 0.6 is 0 Å². The highest BCUT2D eigenvalue weighted by molar-refractivity contribution is 5.93. The van der Waals surface area contributed by atoms with Gasteiger partial charge in [-0.2, -0.15) is 4.39 Å². The third kappa shape index (κ3) is 18.9. The molecule has 1 amide bonds. The van der Waals surface area contributed by atoms with Crippen LogP contribution in [-0.2, 0) is 76.3 Å². The number of benzene rings is 2. The molecule has 0 aliphatic heterocycles. The SMILES string of the molecule is CC(=O)OCOC(=O)CN(CC(=O)OCOC(C)=O)c1cc2oc(-c3ncc(C(=O)NCCCN=[N+]=[N-])o3)cc2cc1OCCOc1c(N(CC(=O)OCOC(C)=O)CC(=O)OCOC(C)=O)ccc(F)c1F. The fourth-order valence-corrected chi connectivity index (χ4v) is 5.67. The number of furan rings is 1. The number of azide groups is 1. The maximum absolute atomic E-state index is 15.6. The van der Waals surface area contributed by atoms with Crippen LogP contribution in [0.25, 0.3) is 33.1 Å². The van der Waals surface area contributed by atoms with Crippen LogP contribution < -0.4 is 24.6 Å². The van der Waals surface area contributed by atoms with Gasteiger partial charge in [0.2, 0.25) is 38.7 Å². The standard InChI is InChI=1S/C43H45F2N7O21/c1-24(53)64-20-68-36(57)16-51(17-37(58)69-21-65-25(2)54)30-7-6-29(44)40(45)41(30)63-11-10-62-33-12-28-13-34(43-48-15-35(73-43)42(61)47-8-5-9-49-50-46)72-32(28)14-31(33)52(18-38(59)70-22-66-26(3)55)19-39(60)71-23-67-27(4)56/h6-7,12-15H,5,8-11,16-23H2,1-4H3,(H,47,61). The molecule has 0 aliphatic rings. The van der Waals surface area contributed by atoms with Crippen LogP contribution in [-0.4, -0.2) is 138 Å². The molecule has 0 spiro atoms. The fourth-order valence-electron chi connectivity index (χ4n) is 5.67. The minimum Gasteiger partial charge on any atom is -0.488 e. The number of hydrogen-bond donors (Lipinski definition) is 1. The molecule has 0 atom stereocenters. The summed E-state index contributed by atoms with van der Waals surface area (Å²) in [5.74, 6) is -12.7. The Morgan fingerprint density at radius 3 is 1.68 bits per heavy atom. The van der Waals surface area contributed by atoms with Crippen LogP contribution in [0.2, 0.25) is 0 Å². The van der Waals surface area contributed by atoms with E-state index in [-0.39, 0.29) is 52.9 Å². The first-order valence-corrected chi connectivity index (χ1v) is 21.1. The maximum Gasteiger partial charge on any atom is 0.328 e. The van der Waals surface area contributed by atoms with E-state index in [1.165, 1.54) is 18.2 Å². The van der Waals surface area contributed by atoms with Gasteiger partial charge in [0.1, 0.15) is 50.7 Å². The quantitative estimate of drug-likeness (QED) is 0.0155. The number of carbonyl (C=O) groups is 9. The van der Waals surface area contributed by atoms with E-state index in [9.17, 15) is 47.5 Å². The van der Waals surface area contributed by atoms with Crippen molar-refractivity contribution in [3.05, 3.63) is 64.4 Å². The average molecular weight is 1030 g/mol. The molecule has 30 heteroatoms. The molecule has 2 heterocycles. The summed E-state index contributed by atoms with van der Waals surface area (Å²) >= 11 is 0. The monoisotopic (exact) mass is 1030 g/mol. The van der Waals surface area contributed by atoms with Crippen molar-refractivity contribution in [3.63, 3.8) is 0 Å². The van der Waals surface area contributed by atoms with Gasteiger partial charge in [0, 0.05) is 57.1 Å². The summed E-state index contributed by atoms with van der Waals surface area (Å²) in [7, 11) is 0. The number of oxazole rings is 1. The summed E-state index contributed by atoms with van der Waals surface area (Å²) in [6, 6.07) is 5.66. The van der Waals surface area contributed by atoms with E-state index in [4.69, 9.17) is 42.8 Å². The highest BCUT2D eigenvalue weighted by Crippen LogP contribution is 2.38. The first-order valence-electron chi connectivity index (χ1n) is 21.1. The summed E-state index contributed by atoms with van der Waals surface area (Å²) in [5.41, 5.74) is 7.96. The number of esters is 8. The molecule has 28 nitrogen and oxygen atoms in total. The Kier molecular flexibility index (Phi) is 22.0. The second-order valence-electron chi connectivity index (χ2n) is 14.3. The van der Waals surface area contributed by atoms with Crippen LogP contribution in [0.15, 0.2) is 50.5 Å². The first-order chi connectivity index (χ1) is 34.8. The zero-order chi connectivity index (χ0) is 53.5. The van der Waals surface area contributed by atoms with Crippen LogP contribution in [0.3, 0.4) is 0 Å². The molecule has 392 valence electrons. The van der Waals surface area contributed by atoms with Gasteiger partial charge in [-0.05, 0) is 36.2 Å². The van der Waals surface area contributed by atoms with Crippen molar-refractivity contribution in [2.24, 2.45) is 5.11 Å². The molecule has 0 aliphatic carbocycles. The van der Waals surface area contributed by atoms with Gasteiger partial charge in [-0.1, -0.05) is 5.11 Å². The van der Waals surface area contributed by atoms with Crippen molar-refractivity contribution >= 4 is 76.0 Å². The number of nitrogens with one attached hydrogen (secondary N) is 1. The van der Waals surface area contributed by atoms with E-state index in [2.05, 4.69) is 39.3 Å². The zero-order valence-electron chi connectivity index (χ0n) is 39.2. The minimum atomic E-state index is -1.60. The molecule has 0 saturated carbocycles. The molecule has 0 fully saturated rings. The largest absolute Gasteiger partial charge is 0.488 e. The lowest BCUT2D eigenvalue weighted by molar-refractivity contribution is -0.167. The number of hydrogen-bond acceptors (Lipinski definition) is 25. The molecule has 73 heavy (non-hydrogen) atoms. The molecular formula is C43H45F2N7O21. The van der Waals surface area contributed by atoms with Gasteiger partial charge < -0.3 is 71.3 Å². The van der Waals surface area contributed by atoms with Gasteiger partial charge in [-0.3, -0.25) is 43.2 Å². The molecule has 0 unspecified atom stereocenters. The van der Waals surface area contributed by atoms with E-state index < -0.39 is 143 Å². The summed E-state index contributed by atoms with van der Waals surface area (Å²) in [6.45, 7) is -3.35. The summed E-state index contributed by atoms with van der Waals surface area (Å²) in [6.07, 6.45) is 1.46. The Labute approximate surface area is 410 Å². The lowest BCUT2D eigenvalue weighted by atomic mass is 10.2. The summed E-state index contributed by atoms with van der Waals surface area (Å²) in [4.78, 5) is 118. The highest BCUT2D eigenvalue weighted by atomic mass is 19.2. The number of fused-ring (bicyclic) bond motifs is 1. The van der Waals surface area contributed by atoms with E-state index in [1.54, 1.807) is 0 Å². The van der Waals surface area contributed by atoms with E-state index in [0.29, 0.717) is 12.5 Å². The lowest BCUT2D eigenvalue weighted by Crippen LogP contribution is -2.37. The summed E-state index contributed by atoms with van der Waals surface area (Å²) in [5, 5.41) is 6.22. The number of rotatable bonds is 29. The molecule has 1 N–H and O–H groups in total. The number of anilines is 2. The van der Waals surface area contributed by atoms with Gasteiger partial charge in [-0.25, -0.2) is 9.37 Å². The number of halogens is 2. The first kappa shape index (κ1) is 56.4. The Bertz CT molecular complexity index is 2640. The molecule has 4 rings (SSSR count). The average Bonchev–Trinajstić information content (AvgIpc) is 3.98. The summed E-state index contributed by atoms with van der Waals surface area (Å²) < 4.78 is 92.0. The van der Waals surface area contributed by atoms with Crippen molar-refractivity contribution in [2.45, 2.75) is 34.1 Å². The maximum atomic E-state index is 15.6. The van der Waals surface area contributed by atoms with Crippen LogP contribution in [0.4, 0.5) is 20.2 Å². The van der Waals surface area contributed by atoms with E-state index in [1.807, 2.05) is 0 Å². The van der Waals surface area contributed by atoms with Gasteiger partial charge in [-0.15, -0.1) is 0 Å². The number of amides is 1.